The van der Waals surface area contributed by atoms with Crippen LogP contribution in [0, 0.1) is 0 Å². The molecule has 0 spiro atoms. The molecule has 24 heavy (non-hydrogen) atoms. The summed E-state index contributed by atoms with van der Waals surface area (Å²) in [6, 6.07) is 6.61. The topological polar surface area (TPSA) is 86.4 Å². The number of hydrogen-bond donors (Lipinski definition) is 1. The molecule has 0 unspecified atom stereocenters. The van der Waals surface area contributed by atoms with E-state index in [1.54, 1.807) is 36.1 Å². The van der Waals surface area contributed by atoms with Crippen molar-refractivity contribution < 1.29 is 9.59 Å². The molecule has 7 nitrogen and oxygen atoms in total. The van der Waals surface area contributed by atoms with E-state index in [0.29, 0.717) is 17.4 Å². The van der Waals surface area contributed by atoms with Crippen LogP contribution in [0.1, 0.15) is 30.3 Å². The van der Waals surface area contributed by atoms with E-state index in [-0.39, 0.29) is 23.6 Å². The number of carbonyl (C=O) groups excluding carboxylic acids is 2. The highest BCUT2D eigenvalue weighted by atomic mass is 16.2. The van der Waals surface area contributed by atoms with Crippen LogP contribution in [-0.2, 0) is 4.79 Å². The summed E-state index contributed by atoms with van der Waals surface area (Å²) in [4.78, 5) is 47.3. The number of rotatable bonds is 1. The van der Waals surface area contributed by atoms with E-state index in [1.165, 1.54) is 0 Å². The molecule has 0 aliphatic carbocycles. The first-order valence-electron chi connectivity index (χ1n) is 8.17. The summed E-state index contributed by atoms with van der Waals surface area (Å²) < 4.78 is 0. The van der Waals surface area contributed by atoms with Crippen molar-refractivity contribution >= 4 is 22.7 Å². The number of nitrogens with one attached hydrogen (secondary N) is 1. The molecule has 3 heterocycles. The Balaban J connectivity index is 1.76. The Kier molecular flexibility index (Phi) is 3.37. The average molecular weight is 326 g/mol. The Morgan fingerprint density at radius 2 is 2.08 bits per heavy atom. The highest BCUT2D eigenvalue weighted by Gasteiger charge is 2.42. The number of aromatic amines is 1. The number of piperazine rings is 1. The van der Waals surface area contributed by atoms with Crippen LogP contribution in [0.4, 0.5) is 0 Å². The monoisotopic (exact) mass is 326 g/mol. The molecular formula is C17H18N4O3. The van der Waals surface area contributed by atoms with E-state index in [0.717, 1.165) is 19.4 Å². The third-order valence-corrected chi connectivity index (χ3v) is 4.99. The number of aromatic nitrogens is 2. The van der Waals surface area contributed by atoms with Gasteiger partial charge < -0.3 is 14.8 Å². The molecule has 2 aliphatic rings. The zero-order valence-electron chi connectivity index (χ0n) is 13.4. The summed E-state index contributed by atoms with van der Waals surface area (Å²) in [5.41, 5.74) is 0.121. The van der Waals surface area contributed by atoms with Gasteiger partial charge in [0.05, 0.1) is 5.52 Å². The maximum absolute atomic E-state index is 13.1. The number of H-pyrrole nitrogens is 1. The quantitative estimate of drug-likeness (QED) is 0.838. The molecule has 2 fully saturated rings. The van der Waals surface area contributed by atoms with E-state index in [9.17, 15) is 14.4 Å². The minimum absolute atomic E-state index is 0.0220. The van der Waals surface area contributed by atoms with Gasteiger partial charge >= 0.3 is 5.69 Å². The van der Waals surface area contributed by atoms with E-state index >= 15 is 0 Å². The number of carbonyl (C=O) groups is 2. The van der Waals surface area contributed by atoms with Gasteiger partial charge in [0.1, 0.15) is 11.7 Å². The molecule has 2 saturated heterocycles. The molecule has 7 heteroatoms. The van der Waals surface area contributed by atoms with Crippen molar-refractivity contribution in [1.82, 2.24) is 19.8 Å². The SMILES string of the molecule is C[C@@H]1C(=O)N2CCC[C@@H]2CN1C(=O)c1nc(=O)[nH]c2ccccc12. The summed E-state index contributed by atoms with van der Waals surface area (Å²) >= 11 is 0. The third kappa shape index (κ3) is 2.19. The zero-order valence-corrected chi connectivity index (χ0v) is 13.4. The van der Waals surface area contributed by atoms with Gasteiger partial charge in [-0.2, -0.15) is 4.98 Å². The second-order valence-corrected chi connectivity index (χ2v) is 6.40. The maximum Gasteiger partial charge on any atom is 0.346 e. The third-order valence-electron chi connectivity index (χ3n) is 4.99. The summed E-state index contributed by atoms with van der Waals surface area (Å²) in [5.74, 6) is -0.379. The summed E-state index contributed by atoms with van der Waals surface area (Å²) in [7, 11) is 0. The number of amides is 2. The summed E-state index contributed by atoms with van der Waals surface area (Å²) in [6.07, 6.45) is 1.88. The number of benzene rings is 1. The van der Waals surface area contributed by atoms with Crippen molar-refractivity contribution in [3.05, 3.63) is 40.4 Å². The van der Waals surface area contributed by atoms with Crippen LogP contribution in [-0.4, -0.2) is 56.8 Å². The molecule has 2 aliphatic heterocycles. The molecule has 2 aromatic rings. The Hall–Kier alpha value is -2.70. The fourth-order valence-electron chi connectivity index (χ4n) is 3.74. The van der Waals surface area contributed by atoms with E-state index < -0.39 is 11.7 Å². The largest absolute Gasteiger partial charge is 0.346 e. The van der Waals surface area contributed by atoms with Crippen LogP contribution < -0.4 is 5.69 Å². The summed E-state index contributed by atoms with van der Waals surface area (Å²) in [6.45, 7) is 3.00. The Morgan fingerprint density at radius 1 is 1.29 bits per heavy atom. The highest BCUT2D eigenvalue weighted by Crippen LogP contribution is 2.27. The van der Waals surface area contributed by atoms with Crippen LogP contribution in [0.3, 0.4) is 0 Å². The smallest absolute Gasteiger partial charge is 0.336 e. The van der Waals surface area contributed by atoms with Gasteiger partial charge in [-0.15, -0.1) is 0 Å². The van der Waals surface area contributed by atoms with Gasteiger partial charge in [0.25, 0.3) is 5.91 Å². The first-order chi connectivity index (χ1) is 11.6. The van der Waals surface area contributed by atoms with Gasteiger partial charge in [0.15, 0.2) is 0 Å². The standard InChI is InChI=1S/C17H18N4O3/c1-10-15(22)20-8-4-5-11(20)9-21(10)16(23)14-12-6-2-3-7-13(12)18-17(24)19-14/h2-3,6-7,10-11H,4-5,8-9H2,1H3,(H,18,19,24)/t10-,11-/m1/s1. The van der Waals surface area contributed by atoms with Crippen molar-refractivity contribution in [2.75, 3.05) is 13.1 Å². The van der Waals surface area contributed by atoms with Gasteiger partial charge in [-0.05, 0) is 25.8 Å². The molecule has 2 amide bonds. The molecule has 0 radical (unpaired) electrons. The molecule has 124 valence electrons. The predicted octanol–water partition coefficient (Wildman–Crippen LogP) is 0.758. The molecule has 0 bridgehead atoms. The van der Waals surface area contributed by atoms with Gasteiger partial charge in [-0.3, -0.25) is 9.59 Å². The van der Waals surface area contributed by atoms with Crippen LogP contribution >= 0.6 is 0 Å². The lowest BCUT2D eigenvalue weighted by Gasteiger charge is -2.41. The van der Waals surface area contributed by atoms with Crippen molar-refractivity contribution in [2.45, 2.75) is 31.8 Å². The summed E-state index contributed by atoms with van der Waals surface area (Å²) in [5, 5.41) is 0.593. The molecule has 2 atom stereocenters. The Morgan fingerprint density at radius 3 is 2.92 bits per heavy atom. The molecule has 1 aromatic heterocycles. The van der Waals surface area contributed by atoms with Crippen molar-refractivity contribution in [3.63, 3.8) is 0 Å². The van der Waals surface area contributed by atoms with Crippen molar-refractivity contribution in [2.24, 2.45) is 0 Å². The Labute approximate surface area is 138 Å². The van der Waals surface area contributed by atoms with Crippen LogP contribution in [0.25, 0.3) is 10.9 Å². The van der Waals surface area contributed by atoms with Crippen molar-refractivity contribution in [1.29, 1.82) is 0 Å². The predicted molar refractivity (Wildman–Crippen MR) is 87.6 cm³/mol. The number of para-hydroxylation sites is 1. The average Bonchev–Trinajstić information content (AvgIpc) is 3.05. The molecular weight excluding hydrogens is 308 g/mol. The van der Waals surface area contributed by atoms with E-state index in [4.69, 9.17) is 0 Å². The van der Waals surface area contributed by atoms with Crippen molar-refractivity contribution in [3.8, 4) is 0 Å². The second kappa shape index (κ2) is 5.43. The lowest BCUT2D eigenvalue weighted by molar-refractivity contribution is -0.141. The van der Waals surface area contributed by atoms with Crippen LogP contribution in [0.5, 0.6) is 0 Å². The van der Waals surface area contributed by atoms with Gasteiger partial charge in [-0.1, -0.05) is 18.2 Å². The zero-order chi connectivity index (χ0) is 16.8. The lowest BCUT2D eigenvalue weighted by atomic mass is 10.1. The second-order valence-electron chi connectivity index (χ2n) is 6.40. The number of hydrogen-bond acceptors (Lipinski definition) is 4. The first-order valence-corrected chi connectivity index (χ1v) is 8.17. The number of nitrogens with zero attached hydrogens (tertiary/aromatic N) is 3. The fourth-order valence-corrected chi connectivity index (χ4v) is 3.74. The lowest BCUT2D eigenvalue weighted by Crippen LogP contribution is -2.60. The maximum atomic E-state index is 13.1. The minimum atomic E-state index is -0.560. The first kappa shape index (κ1) is 14.9. The Bertz CT molecular complexity index is 891. The van der Waals surface area contributed by atoms with Gasteiger partial charge in [0, 0.05) is 24.5 Å². The van der Waals surface area contributed by atoms with Gasteiger partial charge in [-0.25, -0.2) is 4.79 Å². The van der Waals surface area contributed by atoms with Crippen LogP contribution in [0.2, 0.25) is 0 Å². The van der Waals surface area contributed by atoms with Crippen LogP contribution in [0.15, 0.2) is 29.1 Å². The molecule has 0 saturated carbocycles. The highest BCUT2D eigenvalue weighted by molar-refractivity contribution is 6.05. The fraction of sp³-hybridized carbons (Fsp3) is 0.412. The normalized spacial score (nSPS) is 23.6. The number of fused-ring (bicyclic) bond motifs is 2. The molecule has 1 N–H and O–H groups in total. The van der Waals surface area contributed by atoms with E-state index in [1.807, 2.05) is 4.90 Å². The molecule has 1 aromatic carbocycles. The molecule has 4 rings (SSSR count). The minimum Gasteiger partial charge on any atom is -0.336 e. The van der Waals surface area contributed by atoms with Gasteiger partial charge in [0.2, 0.25) is 5.91 Å². The van der Waals surface area contributed by atoms with E-state index in [2.05, 4.69) is 9.97 Å².